The molecule has 0 saturated heterocycles. The monoisotopic (exact) mass is 401 g/mol. The molecule has 152 valence electrons. The van der Waals surface area contributed by atoms with Crippen LogP contribution in [0.25, 0.3) is 11.4 Å². The summed E-state index contributed by atoms with van der Waals surface area (Å²) in [6, 6.07) is 8.33. The molecular formula is C22H31N3O2S. The van der Waals surface area contributed by atoms with Crippen LogP contribution in [0.15, 0.2) is 24.3 Å². The fourth-order valence-corrected chi connectivity index (χ4v) is 6.37. The number of rotatable bonds is 6. The zero-order chi connectivity index (χ0) is 20.0. The second-order valence-corrected chi connectivity index (χ2v) is 11.5. The lowest BCUT2D eigenvalue weighted by molar-refractivity contribution is 0.0314. The zero-order valence-corrected chi connectivity index (χ0v) is 18.1. The van der Waals surface area contributed by atoms with E-state index in [1.165, 1.54) is 5.56 Å². The molecule has 3 saturated carbocycles. The van der Waals surface area contributed by atoms with Gasteiger partial charge in [0.05, 0.1) is 5.75 Å². The summed E-state index contributed by atoms with van der Waals surface area (Å²) in [5, 5.41) is 9.23. The van der Waals surface area contributed by atoms with E-state index < -0.39 is 9.84 Å². The van der Waals surface area contributed by atoms with E-state index >= 15 is 0 Å². The molecule has 0 radical (unpaired) electrons. The maximum absolute atomic E-state index is 12.0. The lowest BCUT2D eigenvalue weighted by Gasteiger charge is -2.53. The molecule has 6 heteroatoms. The molecule has 0 unspecified atom stereocenters. The van der Waals surface area contributed by atoms with Crippen molar-refractivity contribution in [2.45, 2.75) is 64.2 Å². The lowest BCUT2D eigenvalue weighted by Crippen LogP contribution is -2.46. The number of nitrogens with zero attached hydrogens (tertiary/aromatic N) is 3. The second kappa shape index (κ2) is 6.97. The molecule has 3 fully saturated rings. The zero-order valence-electron chi connectivity index (χ0n) is 17.2. The van der Waals surface area contributed by atoms with Crippen LogP contribution < -0.4 is 0 Å². The van der Waals surface area contributed by atoms with E-state index in [4.69, 9.17) is 0 Å². The van der Waals surface area contributed by atoms with Crippen LogP contribution in [-0.4, -0.2) is 34.7 Å². The number of benzene rings is 1. The third-order valence-electron chi connectivity index (χ3n) is 7.52. The first-order chi connectivity index (χ1) is 13.3. The molecule has 28 heavy (non-hydrogen) atoms. The lowest BCUT2D eigenvalue weighted by atomic mass is 9.52. The van der Waals surface area contributed by atoms with Gasteiger partial charge in [0.15, 0.2) is 5.82 Å². The molecule has 3 aliphatic rings. The van der Waals surface area contributed by atoms with Crippen LogP contribution in [0.5, 0.6) is 0 Å². The Morgan fingerprint density at radius 3 is 2.29 bits per heavy atom. The van der Waals surface area contributed by atoms with Crippen molar-refractivity contribution in [3.63, 3.8) is 0 Å². The summed E-state index contributed by atoms with van der Waals surface area (Å²) >= 11 is 0. The fraction of sp³-hybridized carbons (Fsp3) is 0.636. The minimum atomic E-state index is -2.88. The summed E-state index contributed by atoms with van der Waals surface area (Å²) in [7, 11) is -0.788. The number of hydrogen-bond acceptors (Lipinski definition) is 4. The van der Waals surface area contributed by atoms with Crippen molar-refractivity contribution >= 4 is 9.84 Å². The smallest absolute Gasteiger partial charge is 0.163 e. The van der Waals surface area contributed by atoms with Gasteiger partial charge in [0.25, 0.3) is 0 Å². The molecule has 0 amide bonds. The van der Waals surface area contributed by atoms with E-state index in [2.05, 4.69) is 53.0 Å². The highest BCUT2D eigenvalue weighted by atomic mass is 32.2. The van der Waals surface area contributed by atoms with Crippen molar-refractivity contribution in [2.75, 3.05) is 11.5 Å². The van der Waals surface area contributed by atoms with Gasteiger partial charge >= 0.3 is 0 Å². The predicted octanol–water partition coefficient (Wildman–Crippen LogP) is 4.21. The average Bonchev–Trinajstić information content (AvgIpc) is 3.10. The minimum absolute atomic E-state index is 0.105. The van der Waals surface area contributed by atoms with Gasteiger partial charge in [0.2, 0.25) is 0 Å². The first kappa shape index (κ1) is 19.6. The summed E-state index contributed by atoms with van der Waals surface area (Å²) in [5.41, 5.74) is 2.69. The highest BCUT2D eigenvalue weighted by Gasteiger charge is 2.51. The summed E-state index contributed by atoms with van der Waals surface area (Å²) in [5.74, 6) is 2.66. The second-order valence-electron chi connectivity index (χ2n) is 8.99. The highest BCUT2D eigenvalue weighted by Crippen LogP contribution is 2.58. The van der Waals surface area contributed by atoms with E-state index in [1.807, 2.05) is 0 Å². The van der Waals surface area contributed by atoms with Gasteiger partial charge in [-0.3, -0.25) is 0 Å². The van der Waals surface area contributed by atoms with Crippen molar-refractivity contribution < 1.29 is 8.42 Å². The number of fused-ring (bicyclic) bond motifs is 3. The van der Waals surface area contributed by atoms with Gasteiger partial charge in [-0.05, 0) is 62.8 Å². The summed E-state index contributed by atoms with van der Waals surface area (Å²) in [6.07, 6.45) is 7.44. The molecule has 0 atom stereocenters. The van der Waals surface area contributed by atoms with Crippen LogP contribution in [0.2, 0.25) is 0 Å². The van der Waals surface area contributed by atoms with Crippen LogP contribution in [0.3, 0.4) is 0 Å². The molecule has 0 N–H and O–H groups in total. The van der Waals surface area contributed by atoms with E-state index in [1.54, 1.807) is 6.92 Å². The summed E-state index contributed by atoms with van der Waals surface area (Å²) < 4.78 is 26.2. The van der Waals surface area contributed by atoms with E-state index in [9.17, 15) is 8.42 Å². The Bertz CT molecular complexity index is 953. The Hall–Kier alpha value is -1.69. The molecule has 3 aliphatic carbocycles. The Morgan fingerprint density at radius 2 is 1.68 bits per heavy atom. The number of hydrogen-bond donors (Lipinski definition) is 0. The summed E-state index contributed by atoms with van der Waals surface area (Å²) in [6.45, 7) is 3.86. The van der Waals surface area contributed by atoms with Crippen molar-refractivity contribution in [2.24, 2.45) is 12.5 Å². The molecule has 5 nitrogen and oxygen atoms in total. The van der Waals surface area contributed by atoms with E-state index in [-0.39, 0.29) is 16.6 Å². The Morgan fingerprint density at radius 1 is 1.04 bits per heavy atom. The van der Waals surface area contributed by atoms with Gasteiger partial charge in [-0.2, -0.15) is 0 Å². The highest BCUT2D eigenvalue weighted by molar-refractivity contribution is 7.91. The number of aryl methyl sites for hydroxylation is 1. The van der Waals surface area contributed by atoms with Crippen molar-refractivity contribution in [1.29, 1.82) is 0 Å². The first-order valence-corrected chi connectivity index (χ1v) is 12.3. The molecule has 2 aromatic rings. The normalized spacial score (nSPS) is 27.2. The minimum Gasteiger partial charge on any atom is -0.314 e. The van der Waals surface area contributed by atoms with Gasteiger partial charge in [-0.1, -0.05) is 31.2 Å². The molecule has 5 rings (SSSR count). The quantitative estimate of drug-likeness (QED) is 0.727. The SMILES string of the molecule is CCS(=O)(=O)CCC12CCC(c3nnc(-c4ccccc4C)n3C)(CC1)CC2. The van der Waals surface area contributed by atoms with Crippen molar-refractivity contribution in [3.05, 3.63) is 35.7 Å². The van der Waals surface area contributed by atoms with Crippen LogP contribution in [0.4, 0.5) is 0 Å². The summed E-state index contributed by atoms with van der Waals surface area (Å²) in [4.78, 5) is 0. The molecule has 1 aromatic heterocycles. The predicted molar refractivity (Wildman–Crippen MR) is 112 cm³/mol. The topological polar surface area (TPSA) is 64.8 Å². The molecule has 1 aromatic carbocycles. The maximum atomic E-state index is 12.0. The van der Waals surface area contributed by atoms with E-state index in [0.29, 0.717) is 5.75 Å². The Labute approximate surface area is 168 Å². The van der Waals surface area contributed by atoms with Gasteiger partial charge < -0.3 is 4.57 Å². The fourth-order valence-electron chi connectivity index (χ4n) is 5.34. The van der Waals surface area contributed by atoms with Crippen LogP contribution in [-0.2, 0) is 22.3 Å². The third kappa shape index (κ3) is 3.30. The van der Waals surface area contributed by atoms with Crippen LogP contribution >= 0.6 is 0 Å². The first-order valence-electron chi connectivity index (χ1n) is 10.5. The Kier molecular flexibility index (Phi) is 4.89. The molecule has 2 bridgehead atoms. The van der Waals surface area contributed by atoms with Gasteiger partial charge in [-0.25, -0.2) is 8.42 Å². The molecular weight excluding hydrogens is 370 g/mol. The van der Waals surface area contributed by atoms with Crippen molar-refractivity contribution in [1.82, 2.24) is 14.8 Å². The molecule has 0 aliphatic heterocycles. The number of sulfone groups is 1. The number of aromatic nitrogens is 3. The van der Waals surface area contributed by atoms with Crippen LogP contribution in [0.1, 0.15) is 63.3 Å². The van der Waals surface area contributed by atoms with Crippen molar-refractivity contribution in [3.8, 4) is 11.4 Å². The van der Waals surface area contributed by atoms with Crippen LogP contribution in [0, 0.1) is 12.3 Å². The van der Waals surface area contributed by atoms with E-state index in [0.717, 1.165) is 62.2 Å². The Balaban J connectivity index is 1.55. The molecule has 1 heterocycles. The maximum Gasteiger partial charge on any atom is 0.163 e. The standard InChI is InChI=1S/C22H31N3O2S/c1-4-28(26,27)16-15-21-9-12-22(13-10-21,14-11-21)20-24-23-19(25(20)3)18-8-6-5-7-17(18)2/h5-8H,4,9-16H2,1-3H3. The average molecular weight is 402 g/mol. The van der Waals surface area contributed by atoms with Gasteiger partial charge in [0.1, 0.15) is 15.7 Å². The van der Waals surface area contributed by atoms with Gasteiger partial charge in [0, 0.05) is 23.8 Å². The third-order valence-corrected chi connectivity index (χ3v) is 9.23. The van der Waals surface area contributed by atoms with Gasteiger partial charge in [-0.15, -0.1) is 10.2 Å². The largest absolute Gasteiger partial charge is 0.314 e. The molecule has 0 spiro atoms.